The molecule has 7 heteroatoms. The summed E-state index contributed by atoms with van der Waals surface area (Å²) in [7, 11) is 0. The van der Waals surface area contributed by atoms with Crippen LogP contribution in [0.4, 0.5) is 0 Å². The zero-order chi connectivity index (χ0) is 20.2. The molecule has 2 N–H and O–H groups in total. The van der Waals surface area contributed by atoms with Crippen LogP contribution in [0.1, 0.15) is 11.1 Å². The number of hydrogen-bond donors (Lipinski definition) is 2. The van der Waals surface area contributed by atoms with E-state index in [-0.39, 0.29) is 18.1 Å². The van der Waals surface area contributed by atoms with Crippen molar-refractivity contribution in [2.75, 3.05) is 26.4 Å². The molecule has 1 aliphatic rings. The molecule has 29 heavy (non-hydrogen) atoms. The number of H-pyrrole nitrogens is 1. The van der Waals surface area contributed by atoms with Crippen molar-refractivity contribution in [2.45, 2.75) is 13.3 Å². The SMILES string of the molecule is Cc1ccc(OCC(=O)NCCc2cc3cc4c(cc3[nH]c2=O)OCCO4)cc1. The minimum Gasteiger partial charge on any atom is -0.486 e. The molecule has 0 radical (unpaired) electrons. The van der Waals surface area contributed by atoms with Gasteiger partial charge in [-0.15, -0.1) is 0 Å². The van der Waals surface area contributed by atoms with Crippen LogP contribution in [0.15, 0.2) is 47.3 Å². The number of aromatic amines is 1. The van der Waals surface area contributed by atoms with Gasteiger partial charge in [-0.1, -0.05) is 17.7 Å². The first-order valence-corrected chi connectivity index (χ1v) is 9.50. The zero-order valence-corrected chi connectivity index (χ0v) is 16.1. The van der Waals surface area contributed by atoms with Gasteiger partial charge in [-0.2, -0.15) is 0 Å². The second kappa shape index (κ2) is 8.26. The molecule has 0 atom stereocenters. The number of carbonyl (C=O) groups is 1. The van der Waals surface area contributed by atoms with E-state index in [1.807, 2.05) is 43.3 Å². The van der Waals surface area contributed by atoms with Gasteiger partial charge in [0.15, 0.2) is 18.1 Å². The molecule has 0 saturated carbocycles. The molecule has 0 saturated heterocycles. The van der Waals surface area contributed by atoms with E-state index in [1.54, 1.807) is 6.07 Å². The van der Waals surface area contributed by atoms with E-state index >= 15 is 0 Å². The van der Waals surface area contributed by atoms with Crippen LogP contribution in [-0.2, 0) is 11.2 Å². The highest BCUT2D eigenvalue weighted by Crippen LogP contribution is 2.33. The number of fused-ring (bicyclic) bond motifs is 2. The second-order valence-corrected chi connectivity index (χ2v) is 6.91. The average Bonchev–Trinajstić information content (AvgIpc) is 2.72. The first-order chi connectivity index (χ1) is 14.1. The summed E-state index contributed by atoms with van der Waals surface area (Å²) in [5, 5.41) is 3.64. The Balaban J connectivity index is 1.35. The summed E-state index contributed by atoms with van der Waals surface area (Å²) in [5.41, 5.74) is 2.23. The van der Waals surface area contributed by atoms with Crippen molar-refractivity contribution in [1.82, 2.24) is 10.3 Å². The Morgan fingerprint density at radius 1 is 1.10 bits per heavy atom. The Bertz CT molecular complexity index is 1090. The van der Waals surface area contributed by atoms with Crippen molar-refractivity contribution in [2.24, 2.45) is 0 Å². The Hall–Kier alpha value is -3.48. The van der Waals surface area contributed by atoms with Gasteiger partial charge >= 0.3 is 0 Å². The molecule has 3 aromatic rings. The lowest BCUT2D eigenvalue weighted by Crippen LogP contribution is -2.31. The molecule has 0 spiro atoms. The van der Waals surface area contributed by atoms with E-state index in [4.69, 9.17) is 14.2 Å². The summed E-state index contributed by atoms with van der Waals surface area (Å²) in [4.78, 5) is 27.2. The molecule has 4 rings (SSSR count). The van der Waals surface area contributed by atoms with Crippen molar-refractivity contribution in [1.29, 1.82) is 0 Å². The predicted octanol–water partition coefficient (Wildman–Crippen LogP) is 2.35. The topological polar surface area (TPSA) is 89.7 Å². The second-order valence-electron chi connectivity index (χ2n) is 6.91. The number of ether oxygens (including phenoxy) is 3. The van der Waals surface area contributed by atoms with Crippen LogP contribution in [0, 0.1) is 6.92 Å². The fraction of sp³-hybridized carbons (Fsp3) is 0.273. The average molecular weight is 394 g/mol. The molecule has 2 aromatic carbocycles. The minimum absolute atomic E-state index is 0.0688. The Morgan fingerprint density at radius 2 is 1.83 bits per heavy atom. The lowest BCUT2D eigenvalue weighted by atomic mass is 10.1. The van der Waals surface area contributed by atoms with E-state index in [1.165, 1.54) is 0 Å². The predicted molar refractivity (Wildman–Crippen MR) is 109 cm³/mol. The number of aryl methyl sites for hydroxylation is 1. The summed E-state index contributed by atoms with van der Waals surface area (Å²) in [5.74, 6) is 1.71. The molecule has 0 aliphatic carbocycles. The molecule has 1 aromatic heterocycles. The fourth-order valence-corrected chi connectivity index (χ4v) is 3.14. The minimum atomic E-state index is -0.234. The van der Waals surface area contributed by atoms with Gasteiger partial charge in [-0.25, -0.2) is 0 Å². The Kier molecular flexibility index (Phi) is 5.37. The third-order valence-corrected chi connectivity index (χ3v) is 4.69. The van der Waals surface area contributed by atoms with Gasteiger partial charge in [0.1, 0.15) is 19.0 Å². The molecule has 0 bridgehead atoms. The third kappa shape index (κ3) is 4.51. The van der Waals surface area contributed by atoms with Crippen molar-refractivity contribution in [3.63, 3.8) is 0 Å². The first kappa shape index (κ1) is 18.9. The summed E-state index contributed by atoms with van der Waals surface area (Å²) in [6.07, 6.45) is 0.413. The normalized spacial score (nSPS) is 12.6. The zero-order valence-electron chi connectivity index (χ0n) is 16.1. The monoisotopic (exact) mass is 394 g/mol. The molecule has 1 amide bonds. The van der Waals surface area contributed by atoms with Crippen LogP contribution in [0.25, 0.3) is 10.9 Å². The smallest absolute Gasteiger partial charge is 0.257 e. The van der Waals surface area contributed by atoms with Gasteiger partial charge in [0.2, 0.25) is 0 Å². The number of carbonyl (C=O) groups excluding carboxylic acids is 1. The summed E-state index contributed by atoms with van der Waals surface area (Å²) in [6.45, 7) is 3.26. The van der Waals surface area contributed by atoms with Crippen LogP contribution < -0.4 is 25.1 Å². The highest BCUT2D eigenvalue weighted by Gasteiger charge is 2.14. The van der Waals surface area contributed by atoms with E-state index in [2.05, 4.69) is 10.3 Å². The maximum Gasteiger partial charge on any atom is 0.257 e. The number of hydrogen-bond acceptors (Lipinski definition) is 5. The van der Waals surface area contributed by atoms with Gasteiger partial charge in [0.05, 0.1) is 5.52 Å². The number of pyridine rings is 1. The van der Waals surface area contributed by atoms with E-state index in [0.29, 0.717) is 54.5 Å². The number of nitrogens with one attached hydrogen (secondary N) is 2. The number of rotatable bonds is 6. The van der Waals surface area contributed by atoms with Crippen molar-refractivity contribution >= 4 is 16.8 Å². The van der Waals surface area contributed by atoms with E-state index in [0.717, 1.165) is 10.9 Å². The lowest BCUT2D eigenvalue weighted by molar-refractivity contribution is -0.123. The summed E-state index contributed by atoms with van der Waals surface area (Å²) in [6, 6.07) is 13.0. The molecule has 0 unspecified atom stereocenters. The van der Waals surface area contributed by atoms with Crippen LogP contribution in [0.3, 0.4) is 0 Å². The van der Waals surface area contributed by atoms with E-state index < -0.39 is 0 Å². The number of benzene rings is 2. The molecular formula is C22H22N2O5. The third-order valence-electron chi connectivity index (χ3n) is 4.69. The fourth-order valence-electron chi connectivity index (χ4n) is 3.14. The van der Waals surface area contributed by atoms with Gasteiger partial charge < -0.3 is 24.5 Å². The highest BCUT2D eigenvalue weighted by atomic mass is 16.6. The first-order valence-electron chi connectivity index (χ1n) is 9.50. The molecule has 2 heterocycles. The van der Waals surface area contributed by atoms with Crippen molar-refractivity contribution in [3.8, 4) is 17.2 Å². The lowest BCUT2D eigenvalue weighted by Gasteiger charge is -2.18. The quantitative estimate of drug-likeness (QED) is 0.670. The van der Waals surface area contributed by atoms with Gasteiger partial charge in [-0.3, -0.25) is 9.59 Å². The Labute approximate surface area is 167 Å². The number of aromatic nitrogens is 1. The van der Waals surface area contributed by atoms with Crippen LogP contribution >= 0.6 is 0 Å². The number of amides is 1. The standard InChI is InChI=1S/C22H22N2O5/c1-14-2-4-17(5-3-14)29-13-21(25)23-7-6-15-10-16-11-19-20(28-9-8-27-19)12-18(16)24-22(15)26/h2-5,10-12H,6-9,13H2,1H3,(H,23,25)(H,24,26). The molecule has 150 valence electrons. The van der Waals surface area contributed by atoms with Gasteiger partial charge in [0, 0.05) is 23.6 Å². The molecule has 1 aliphatic heterocycles. The van der Waals surface area contributed by atoms with Crippen LogP contribution in [0.5, 0.6) is 17.2 Å². The maximum atomic E-state index is 12.4. The molecular weight excluding hydrogens is 372 g/mol. The highest BCUT2D eigenvalue weighted by molar-refractivity contribution is 5.83. The van der Waals surface area contributed by atoms with E-state index in [9.17, 15) is 9.59 Å². The van der Waals surface area contributed by atoms with Crippen molar-refractivity contribution in [3.05, 3.63) is 63.9 Å². The van der Waals surface area contributed by atoms with Crippen LogP contribution in [-0.4, -0.2) is 37.3 Å². The molecule has 0 fully saturated rings. The summed E-state index contributed by atoms with van der Waals surface area (Å²) < 4.78 is 16.6. The van der Waals surface area contributed by atoms with Crippen LogP contribution in [0.2, 0.25) is 0 Å². The molecule has 7 nitrogen and oxygen atoms in total. The Morgan fingerprint density at radius 3 is 2.59 bits per heavy atom. The van der Waals surface area contributed by atoms with Gasteiger partial charge in [-0.05, 0) is 37.6 Å². The largest absolute Gasteiger partial charge is 0.486 e. The summed E-state index contributed by atoms with van der Waals surface area (Å²) >= 11 is 0. The van der Waals surface area contributed by atoms with Gasteiger partial charge in [0.25, 0.3) is 11.5 Å². The van der Waals surface area contributed by atoms with Crippen molar-refractivity contribution < 1.29 is 19.0 Å². The maximum absolute atomic E-state index is 12.4.